The summed E-state index contributed by atoms with van der Waals surface area (Å²) in [5, 5.41) is 1.83. The zero-order valence-electron chi connectivity index (χ0n) is 15.8. The molecule has 8 heteroatoms. The number of aryl methyl sites for hydroxylation is 1. The number of amides is 1. The van der Waals surface area contributed by atoms with Crippen LogP contribution in [0.4, 0.5) is 5.13 Å². The van der Waals surface area contributed by atoms with Gasteiger partial charge in [0.05, 0.1) is 20.4 Å². The SMILES string of the molecule is Cc1cc(Cl)cc2sc(N(CCN(C)C)C(=O)c3nc4ccccc4s3)nc12. The van der Waals surface area contributed by atoms with Gasteiger partial charge in [-0.1, -0.05) is 35.1 Å². The van der Waals surface area contributed by atoms with Crippen molar-refractivity contribution in [1.82, 2.24) is 14.9 Å². The average molecular weight is 431 g/mol. The van der Waals surface area contributed by atoms with Crippen molar-refractivity contribution in [3.63, 3.8) is 0 Å². The van der Waals surface area contributed by atoms with E-state index in [9.17, 15) is 4.79 Å². The predicted molar refractivity (Wildman–Crippen MR) is 119 cm³/mol. The van der Waals surface area contributed by atoms with Crippen molar-refractivity contribution in [3.8, 4) is 0 Å². The van der Waals surface area contributed by atoms with E-state index in [1.54, 1.807) is 4.90 Å². The molecular formula is C20H19ClN4OS2. The van der Waals surface area contributed by atoms with E-state index < -0.39 is 0 Å². The number of nitrogens with zero attached hydrogens (tertiary/aromatic N) is 4. The molecule has 1 amide bonds. The Morgan fingerprint density at radius 1 is 1.07 bits per heavy atom. The number of hydrogen-bond donors (Lipinski definition) is 0. The van der Waals surface area contributed by atoms with E-state index in [-0.39, 0.29) is 5.91 Å². The van der Waals surface area contributed by atoms with Gasteiger partial charge in [0.2, 0.25) is 0 Å². The van der Waals surface area contributed by atoms with Crippen LogP contribution in [0, 0.1) is 6.92 Å². The second kappa shape index (κ2) is 7.75. The Hall–Kier alpha value is -2.06. The molecule has 0 bridgehead atoms. The highest BCUT2D eigenvalue weighted by molar-refractivity contribution is 7.23. The van der Waals surface area contributed by atoms with Gasteiger partial charge in [0.1, 0.15) is 0 Å². The van der Waals surface area contributed by atoms with Crippen LogP contribution in [-0.2, 0) is 0 Å². The van der Waals surface area contributed by atoms with Crippen molar-refractivity contribution in [3.05, 3.63) is 52.0 Å². The summed E-state index contributed by atoms with van der Waals surface area (Å²) in [6.07, 6.45) is 0. The minimum atomic E-state index is -0.120. The van der Waals surface area contributed by atoms with Gasteiger partial charge in [-0.05, 0) is 50.8 Å². The van der Waals surface area contributed by atoms with E-state index >= 15 is 0 Å². The number of halogens is 1. The van der Waals surface area contributed by atoms with Crippen LogP contribution in [0.15, 0.2) is 36.4 Å². The second-order valence-corrected chi connectivity index (χ2v) is 9.29. The molecule has 0 saturated carbocycles. The summed E-state index contributed by atoms with van der Waals surface area (Å²) in [4.78, 5) is 26.4. The first-order valence-corrected chi connectivity index (χ1v) is 10.8. The molecular weight excluding hydrogens is 412 g/mol. The maximum Gasteiger partial charge on any atom is 0.289 e. The summed E-state index contributed by atoms with van der Waals surface area (Å²) in [6, 6.07) is 11.6. The summed E-state index contributed by atoms with van der Waals surface area (Å²) < 4.78 is 1.98. The summed E-state index contributed by atoms with van der Waals surface area (Å²) in [7, 11) is 3.98. The zero-order chi connectivity index (χ0) is 19.8. The number of anilines is 1. The van der Waals surface area contributed by atoms with Crippen molar-refractivity contribution in [2.75, 3.05) is 32.1 Å². The van der Waals surface area contributed by atoms with E-state index in [4.69, 9.17) is 16.6 Å². The van der Waals surface area contributed by atoms with Gasteiger partial charge in [-0.25, -0.2) is 9.97 Å². The first kappa shape index (κ1) is 19.3. The van der Waals surface area contributed by atoms with Gasteiger partial charge < -0.3 is 4.90 Å². The number of carbonyl (C=O) groups is 1. The molecule has 4 aromatic rings. The van der Waals surface area contributed by atoms with E-state index in [0.29, 0.717) is 21.7 Å². The molecule has 0 N–H and O–H groups in total. The second-order valence-electron chi connectivity index (χ2n) is 6.81. The molecule has 0 aliphatic heterocycles. The quantitative estimate of drug-likeness (QED) is 0.443. The Bertz CT molecular complexity index is 1130. The number of thiazole rings is 2. The van der Waals surface area contributed by atoms with Gasteiger partial charge >= 0.3 is 0 Å². The Morgan fingerprint density at radius 2 is 1.86 bits per heavy atom. The molecule has 0 atom stereocenters. The van der Waals surface area contributed by atoms with Crippen LogP contribution >= 0.6 is 34.3 Å². The molecule has 5 nitrogen and oxygen atoms in total. The summed E-state index contributed by atoms with van der Waals surface area (Å²) >= 11 is 9.10. The van der Waals surface area contributed by atoms with Gasteiger partial charge in [0.15, 0.2) is 10.1 Å². The number of carbonyl (C=O) groups excluding carboxylic acids is 1. The lowest BCUT2D eigenvalue weighted by Crippen LogP contribution is -2.36. The number of rotatable bonds is 5. The van der Waals surface area contributed by atoms with Gasteiger partial charge in [-0.3, -0.25) is 9.69 Å². The lowest BCUT2D eigenvalue weighted by molar-refractivity contribution is 0.0985. The normalized spacial score (nSPS) is 11.6. The summed E-state index contributed by atoms with van der Waals surface area (Å²) in [5.41, 5.74) is 2.73. The molecule has 28 heavy (non-hydrogen) atoms. The van der Waals surface area contributed by atoms with Crippen molar-refractivity contribution < 1.29 is 4.79 Å². The van der Waals surface area contributed by atoms with Crippen LogP contribution in [0.1, 0.15) is 15.4 Å². The minimum Gasteiger partial charge on any atom is -0.308 e. The predicted octanol–water partition coefficient (Wildman–Crippen LogP) is 5.08. The first-order chi connectivity index (χ1) is 13.4. The molecule has 0 unspecified atom stereocenters. The molecule has 144 valence electrons. The highest BCUT2D eigenvalue weighted by Crippen LogP contribution is 2.34. The molecule has 0 fully saturated rings. The smallest absolute Gasteiger partial charge is 0.289 e. The molecule has 0 saturated heterocycles. The molecule has 0 radical (unpaired) electrons. The average Bonchev–Trinajstić information content (AvgIpc) is 3.25. The van der Waals surface area contributed by atoms with Crippen molar-refractivity contribution in [1.29, 1.82) is 0 Å². The lowest BCUT2D eigenvalue weighted by Gasteiger charge is -2.20. The minimum absolute atomic E-state index is 0.120. The fourth-order valence-corrected chi connectivity index (χ4v) is 5.28. The Labute approximate surface area is 176 Å². The fraction of sp³-hybridized carbons (Fsp3) is 0.250. The summed E-state index contributed by atoms with van der Waals surface area (Å²) in [5.74, 6) is -0.120. The lowest BCUT2D eigenvalue weighted by atomic mass is 10.2. The number of para-hydroxylation sites is 1. The van der Waals surface area contributed by atoms with Gasteiger partial charge in [-0.15, -0.1) is 11.3 Å². The molecule has 0 spiro atoms. The number of hydrogen-bond acceptors (Lipinski definition) is 6. The molecule has 4 rings (SSSR count). The number of benzene rings is 2. The summed E-state index contributed by atoms with van der Waals surface area (Å²) in [6.45, 7) is 3.25. The third-order valence-corrected chi connectivity index (χ3v) is 6.63. The number of fused-ring (bicyclic) bond motifs is 2. The topological polar surface area (TPSA) is 49.3 Å². The van der Waals surface area contributed by atoms with Crippen LogP contribution in [-0.4, -0.2) is 48.0 Å². The van der Waals surface area contributed by atoms with Crippen LogP contribution < -0.4 is 4.90 Å². The maximum absolute atomic E-state index is 13.4. The van der Waals surface area contributed by atoms with Crippen LogP contribution in [0.25, 0.3) is 20.4 Å². The largest absolute Gasteiger partial charge is 0.308 e. The van der Waals surface area contributed by atoms with E-state index in [2.05, 4.69) is 4.98 Å². The Kier molecular flexibility index (Phi) is 5.33. The van der Waals surface area contributed by atoms with Crippen LogP contribution in [0.3, 0.4) is 0 Å². The van der Waals surface area contributed by atoms with Crippen LogP contribution in [0.2, 0.25) is 5.02 Å². The van der Waals surface area contributed by atoms with Gasteiger partial charge in [0.25, 0.3) is 5.91 Å². The number of aromatic nitrogens is 2. The monoisotopic (exact) mass is 430 g/mol. The van der Waals surface area contributed by atoms with Crippen molar-refractivity contribution in [2.24, 2.45) is 0 Å². The van der Waals surface area contributed by atoms with Gasteiger partial charge in [-0.2, -0.15) is 0 Å². The maximum atomic E-state index is 13.4. The standard InChI is InChI=1S/C20H19ClN4OS2/c1-12-10-13(21)11-16-17(12)23-20(28-16)25(9-8-24(2)3)19(26)18-22-14-6-4-5-7-15(14)27-18/h4-7,10-11H,8-9H2,1-3H3. The Balaban J connectivity index is 1.76. The third-order valence-electron chi connectivity index (χ3n) is 4.36. The first-order valence-electron chi connectivity index (χ1n) is 8.81. The van der Waals surface area contributed by atoms with E-state index in [0.717, 1.165) is 32.5 Å². The molecule has 0 aliphatic carbocycles. The fourth-order valence-electron chi connectivity index (χ4n) is 2.92. The Morgan fingerprint density at radius 3 is 2.61 bits per heavy atom. The van der Waals surface area contributed by atoms with E-state index in [1.807, 2.05) is 62.3 Å². The highest BCUT2D eigenvalue weighted by Gasteiger charge is 2.24. The molecule has 2 heterocycles. The molecule has 0 aliphatic rings. The van der Waals surface area contributed by atoms with Crippen molar-refractivity contribution in [2.45, 2.75) is 6.92 Å². The third kappa shape index (κ3) is 3.75. The zero-order valence-corrected chi connectivity index (χ0v) is 18.2. The van der Waals surface area contributed by atoms with Gasteiger partial charge in [0, 0.05) is 18.1 Å². The number of likely N-dealkylation sites (N-methyl/N-ethyl adjacent to an activating group) is 1. The van der Waals surface area contributed by atoms with Crippen LogP contribution in [0.5, 0.6) is 0 Å². The molecule has 2 aromatic heterocycles. The molecule has 2 aromatic carbocycles. The van der Waals surface area contributed by atoms with Crippen molar-refractivity contribution >= 4 is 65.7 Å². The van der Waals surface area contributed by atoms with E-state index in [1.165, 1.54) is 22.7 Å². The highest BCUT2D eigenvalue weighted by atomic mass is 35.5.